The number of carbonyl (C=O) groups excluding carboxylic acids is 1. The molecular weight excluding hydrogens is 777 g/mol. The second-order valence-electron chi connectivity index (χ2n) is 12.0. The SMILES string of the molecule is CCC(CC)C(=O)/C=C(\O)C(CC)CC.Cc1c(-c2cc[c-]c(-c3[c-]c4occc4c4c3oc3ccccc34)c2)oc2ccccc12.[Ir]. The molecule has 0 fully saturated rings. The number of aliphatic hydroxyl groups is 1. The van der Waals surface area contributed by atoms with Crippen LogP contribution in [0.5, 0.6) is 0 Å². The fraction of sp³-hybridized carbons (Fsp3) is 0.262. The van der Waals surface area contributed by atoms with E-state index >= 15 is 0 Å². The van der Waals surface area contributed by atoms with Crippen LogP contribution in [0.15, 0.2) is 104 Å². The third-order valence-corrected chi connectivity index (χ3v) is 9.25. The van der Waals surface area contributed by atoms with Crippen molar-refractivity contribution in [3.05, 3.63) is 109 Å². The summed E-state index contributed by atoms with van der Waals surface area (Å²) in [7, 11) is 0. The molecule has 48 heavy (non-hydrogen) atoms. The Hall–Kier alpha value is -4.38. The Kier molecular flexibility index (Phi) is 11.1. The third-order valence-electron chi connectivity index (χ3n) is 9.25. The molecule has 3 heterocycles. The number of allylic oxidation sites excluding steroid dienone is 2. The van der Waals surface area contributed by atoms with E-state index in [-0.39, 0.29) is 43.5 Å². The van der Waals surface area contributed by atoms with E-state index in [9.17, 15) is 9.90 Å². The van der Waals surface area contributed by atoms with Crippen molar-refractivity contribution in [2.24, 2.45) is 11.8 Å². The number of hydrogen-bond acceptors (Lipinski definition) is 5. The van der Waals surface area contributed by atoms with Crippen LogP contribution in [-0.2, 0) is 24.9 Å². The van der Waals surface area contributed by atoms with Gasteiger partial charge in [-0.05, 0) is 44.7 Å². The maximum atomic E-state index is 11.7. The van der Waals surface area contributed by atoms with Crippen LogP contribution in [0.25, 0.3) is 66.3 Å². The van der Waals surface area contributed by atoms with Crippen molar-refractivity contribution in [3.8, 4) is 22.5 Å². The van der Waals surface area contributed by atoms with Gasteiger partial charge >= 0.3 is 0 Å². The van der Waals surface area contributed by atoms with Crippen molar-refractivity contribution in [2.75, 3.05) is 0 Å². The first-order valence-electron chi connectivity index (χ1n) is 16.6. The molecule has 1 N–H and O–H groups in total. The maximum absolute atomic E-state index is 11.7. The van der Waals surface area contributed by atoms with Gasteiger partial charge in [0.15, 0.2) is 5.78 Å². The Morgan fingerprint density at radius 2 is 1.48 bits per heavy atom. The van der Waals surface area contributed by atoms with Crippen molar-refractivity contribution in [1.82, 2.24) is 0 Å². The van der Waals surface area contributed by atoms with Crippen molar-refractivity contribution < 1.29 is 43.3 Å². The average molecular weight is 817 g/mol. The topological polar surface area (TPSA) is 76.7 Å². The summed E-state index contributed by atoms with van der Waals surface area (Å²) in [6.07, 6.45) is 6.60. The van der Waals surface area contributed by atoms with E-state index in [0.29, 0.717) is 5.58 Å². The van der Waals surface area contributed by atoms with E-state index in [2.05, 4.69) is 37.3 Å². The summed E-state index contributed by atoms with van der Waals surface area (Å²) in [6.45, 7) is 10.2. The van der Waals surface area contributed by atoms with Crippen LogP contribution in [0, 0.1) is 30.9 Å². The Balaban J connectivity index is 0.000000243. The standard InChI is InChI=1S/C29H16O3.C13H24O2.Ir/c1-17-20-9-2-4-11-24(20)31-28(17)19-8-6-7-18(15-19)23-16-26-22(13-14-30-26)27-21-10-3-5-12-25(21)32-29(23)27;1-5-10(6-2)12(14)9-13(15)11(7-3)8-4;/h2-6,8-15H,1H3;9-11,14H,5-8H2,1-4H3;/q-2;;/b;12-9-;. The van der Waals surface area contributed by atoms with Crippen LogP contribution >= 0.6 is 0 Å². The molecule has 0 amide bonds. The molecule has 0 saturated heterocycles. The quantitative estimate of drug-likeness (QED) is 0.0892. The zero-order valence-electron chi connectivity index (χ0n) is 28.0. The molecule has 5 nitrogen and oxygen atoms in total. The summed E-state index contributed by atoms with van der Waals surface area (Å²) in [6, 6.07) is 31.0. The smallest absolute Gasteiger partial charge is 0.162 e. The van der Waals surface area contributed by atoms with E-state index in [4.69, 9.17) is 13.3 Å². The number of para-hydroxylation sites is 2. The van der Waals surface area contributed by atoms with E-state index in [0.717, 1.165) is 92.0 Å². The maximum Gasteiger partial charge on any atom is 0.162 e. The number of aliphatic hydroxyl groups excluding tert-OH is 1. The number of aryl methyl sites for hydroxylation is 1. The molecule has 4 aromatic carbocycles. The second-order valence-corrected chi connectivity index (χ2v) is 12.0. The minimum absolute atomic E-state index is 0. The van der Waals surface area contributed by atoms with Crippen LogP contribution in [0.3, 0.4) is 0 Å². The van der Waals surface area contributed by atoms with Crippen LogP contribution < -0.4 is 0 Å². The van der Waals surface area contributed by atoms with Gasteiger partial charge < -0.3 is 18.4 Å². The van der Waals surface area contributed by atoms with Gasteiger partial charge in [0.25, 0.3) is 0 Å². The van der Waals surface area contributed by atoms with Crippen LogP contribution in [0.1, 0.15) is 58.9 Å². The number of furan rings is 3. The molecule has 0 bridgehead atoms. The largest absolute Gasteiger partial charge is 0.512 e. The molecule has 7 aromatic rings. The van der Waals surface area contributed by atoms with Crippen molar-refractivity contribution in [1.29, 1.82) is 0 Å². The number of hydrogen-bond donors (Lipinski definition) is 1. The normalized spacial score (nSPS) is 11.9. The number of benzene rings is 4. The van der Waals surface area contributed by atoms with E-state index in [1.54, 1.807) is 6.26 Å². The first-order valence-corrected chi connectivity index (χ1v) is 16.6. The molecule has 249 valence electrons. The molecule has 0 saturated carbocycles. The minimum atomic E-state index is 0. The summed E-state index contributed by atoms with van der Waals surface area (Å²) in [5.41, 5.74) is 7.04. The van der Waals surface area contributed by atoms with Crippen molar-refractivity contribution in [2.45, 2.75) is 60.3 Å². The van der Waals surface area contributed by atoms with Gasteiger partial charge in [0, 0.05) is 65.5 Å². The predicted molar refractivity (Wildman–Crippen MR) is 190 cm³/mol. The van der Waals surface area contributed by atoms with Gasteiger partial charge in [0.1, 0.15) is 16.9 Å². The summed E-state index contributed by atoms with van der Waals surface area (Å²) < 4.78 is 18.3. The summed E-state index contributed by atoms with van der Waals surface area (Å²) in [5.74, 6) is 1.41. The molecule has 0 unspecified atom stereocenters. The number of ketones is 1. The Morgan fingerprint density at radius 1 is 0.833 bits per heavy atom. The summed E-state index contributed by atoms with van der Waals surface area (Å²) >= 11 is 0. The van der Waals surface area contributed by atoms with E-state index in [1.165, 1.54) is 6.08 Å². The Bertz CT molecular complexity index is 2200. The van der Waals surface area contributed by atoms with Gasteiger partial charge in [0.2, 0.25) is 0 Å². The number of fused-ring (bicyclic) bond motifs is 6. The molecule has 3 aromatic heterocycles. The molecule has 1 radical (unpaired) electrons. The fourth-order valence-corrected chi connectivity index (χ4v) is 6.43. The fourth-order valence-electron chi connectivity index (χ4n) is 6.43. The first kappa shape index (κ1) is 34.9. The first-order chi connectivity index (χ1) is 22.9. The molecule has 6 heteroatoms. The third kappa shape index (κ3) is 6.65. The van der Waals surface area contributed by atoms with Gasteiger partial charge in [-0.3, -0.25) is 4.79 Å². The molecule has 0 aliphatic heterocycles. The molecule has 7 rings (SSSR count). The molecular formula is C42H40IrO5-2. The molecule has 0 aliphatic carbocycles. The second kappa shape index (κ2) is 15.2. The van der Waals surface area contributed by atoms with Crippen molar-refractivity contribution in [3.63, 3.8) is 0 Å². The monoisotopic (exact) mass is 817 g/mol. The summed E-state index contributed by atoms with van der Waals surface area (Å²) in [5, 5.41) is 14.0. The Morgan fingerprint density at radius 3 is 2.15 bits per heavy atom. The van der Waals surface area contributed by atoms with E-state index < -0.39 is 0 Å². The number of rotatable bonds is 9. The van der Waals surface area contributed by atoms with Gasteiger partial charge in [-0.15, -0.1) is 12.1 Å². The van der Waals surface area contributed by atoms with Gasteiger partial charge in [0.05, 0.1) is 12.0 Å². The van der Waals surface area contributed by atoms with Gasteiger partial charge in [-0.1, -0.05) is 86.5 Å². The van der Waals surface area contributed by atoms with Crippen LogP contribution in [-0.4, -0.2) is 10.9 Å². The average Bonchev–Trinajstić information content (AvgIpc) is 3.81. The molecule has 0 spiro atoms. The molecule has 0 aliphatic rings. The van der Waals surface area contributed by atoms with E-state index in [1.807, 2.05) is 82.3 Å². The van der Waals surface area contributed by atoms with Crippen molar-refractivity contribution >= 4 is 49.7 Å². The number of carbonyl (C=O) groups is 1. The van der Waals surface area contributed by atoms with Gasteiger partial charge in [-0.25, -0.2) is 5.56 Å². The zero-order valence-corrected chi connectivity index (χ0v) is 30.4. The van der Waals surface area contributed by atoms with Gasteiger partial charge in [-0.2, -0.15) is 23.8 Å². The summed E-state index contributed by atoms with van der Waals surface area (Å²) in [4.78, 5) is 11.7. The Labute approximate surface area is 295 Å². The van der Waals surface area contributed by atoms with Crippen LogP contribution in [0.2, 0.25) is 0 Å². The zero-order chi connectivity index (χ0) is 33.1. The molecule has 0 atom stereocenters. The minimum Gasteiger partial charge on any atom is -0.512 e. The predicted octanol–water partition coefficient (Wildman–Crippen LogP) is 12.2. The van der Waals surface area contributed by atoms with Crippen LogP contribution in [0.4, 0.5) is 0 Å².